The van der Waals surface area contributed by atoms with Crippen LogP contribution in [0.15, 0.2) is 0 Å². The maximum absolute atomic E-state index is 2.81. The molecule has 0 heterocycles. The van der Waals surface area contributed by atoms with Gasteiger partial charge in [0.15, 0.2) is 0 Å². The lowest BCUT2D eigenvalue weighted by atomic mass is 9.55. The van der Waals surface area contributed by atoms with E-state index >= 15 is 0 Å². The first-order chi connectivity index (χ1) is 8.50. The van der Waals surface area contributed by atoms with Crippen LogP contribution < -0.4 is 0 Å². The Morgan fingerprint density at radius 3 is 1.61 bits per heavy atom. The number of nitrogens with zero attached hydrogens (tertiary/aromatic N) is 1. The highest BCUT2D eigenvalue weighted by molar-refractivity contribution is 6.36. The van der Waals surface area contributed by atoms with Crippen molar-refractivity contribution in [1.82, 2.24) is 4.81 Å². The van der Waals surface area contributed by atoms with E-state index in [1.165, 1.54) is 51.4 Å². The van der Waals surface area contributed by atoms with Gasteiger partial charge in [0.1, 0.15) is 0 Å². The number of hydrogen-bond donors (Lipinski definition) is 0. The Hall–Kier alpha value is 0.0249. The Morgan fingerprint density at radius 1 is 0.889 bits per heavy atom. The van der Waals surface area contributed by atoms with Gasteiger partial charge in [0.25, 0.3) is 0 Å². The van der Waals surface area contributed by atoms with Gasteiger partial charge in [-0.15, -0.1) is 0 Å². The van der Waals surface area contributed by atoms with Crippen LogP contribution in [-0.2, 0) is 0 Å². The van der Waals surface area contributed by atoms with E-state index < -0.39 is 0 Å². The molecule has 0 spiro atoms. The van der Waals surface area contributed by atoms with Gasteiger partial charge in [-0.3, -0.25) is 0 Å². The largest absolute Gasteiger partial charge is 0.341 e. The van der Waals surface area contributed by atoms with Gasteiger partial charge in [-0.25, -0.2) is 0 Å². The minimum absolute atomic E-state index is 0.338. The highest BCUT2D eigenvalue weighted by Crippen LogP contribution is 2.38. The Bertz CT molecular complexity index is 234. The van der Waals surface area contributed by atoms with Crippen molar-refractivity contribution < 1.29 is 0 Å². The van der Waals surface area contributed by atoms with E-state index in [1.54, 1.807) is 0 Å². The molecule has 0 aromatic heterocycles. The Kier molecular flexibility index (Phi) is 4.80. The van der Waals surface area contributed by atoms with E-state index in [0.717, 1.165) is 18.0 Å². The molecule has 1 radical (unpaired) electrons. The molecule has 0 aromatic rings. The molecular formula is C16H31BN. The Morgan fingerprint density at radius 2 is 1.28 bits per heavy atom. The molecule has 2 rings (SSSR count). The third kappa shape index (κ3) is 3.32. The van der Waals surface area contributed by atoms with Crippen LogP contribution in [0.3, 0.4) is 0 Å². The van der Waals surface area contributed by atoms with E-state index in [1.807, 2.05) is 0 Å². The van der Waals surface area contributed by atoms with Gasteiger partial charge in [0.05, 0.1) is 0 Å². The van der Waals surface area contributed by atoms with Gasteiger partial charge in [0.2, 0.25) is 7.41 Å². The lowest BCUT2D eigenvalue weighted by molar-refractivity contribution is 0.242. The minimum atomic E-state index is 0.338. The number of hydrogen-bond acceptors (Lipinski definition) is 1. The van der Waals surface area contributed by atoms with Crippen LogP contribution in [0.25, 0.3) is 0 Å². The van der Waals surface area contributed by atoms with Gasteiger partial charge in [-0.2, -0.15) is 0 Å². The second kappa shape index (κ2) is 5.99. The summed E-state index contributed by atoms with van der Waals surface area (Å²) in [5.41, 5.74) is 0. The highest BCUT2D eigenvalue weighted by Gasteiger charge is 2.36. The molecule has 0 bridgehead atoms. The summed E-state index contributed by atoms with van der Waals surface area (Å²) < 4.78 is 0. The monoisotopic (exact) mass is 248 g/mol. The van der Waals surface area contributed by atoms with E-state index in [9.17, 15) is 0 Å². The fourth-order valence-electron chi connectivity index (χ4n) is 3.45. The maximum atomic E-state index is 2.81. The third-order valence-electron chi connectivity index (χ3n) is 5.46. The summed E-state index contributed by atoms with van der Waals surface area (Å²) >= 11 is 0. The van der Waals surface area contributed by atoms with Crippen LogP contribution in [-0.4, -0.2) is 24.3 Å². The molecular weight excluding hydrogens is 217 g/mol. The van der Waals surface area contributed by atoms with Crippen LogP contribution in [0.1, 0.15) is 79.1 Å². The van der Waals surface area contributed by atoms with Gasteiger partial charge >= 0.3 is 0 Å². The van der Waals surface area contributed by atoms with Crippen LogP contribution in [0.5, 0.6) is 0 Å². The maximum Gasteiger partial charge on any atom is 0.215 e. The first-order valence-corrected chi connectivity index (χ1v) is 8.14. The normalized spacial score (nSPS) is 23.4. The topological polar surface area (TPSA) is 3.24 Å². The van der Waals surface area contributed by atoms with Gasteiger partial charge < -0.3 is 4.81 Å². The first-order valence-electron chi connectivity index (χ1n) is 8.14. The lowest BCUT2D eigenvalue weighted by Crippen LogP contribution is -2.47. The van der Waals surface area contributed by atoms with Crippen molar-refractivity contribution in [3.8, 4) is 0 Å². The zero-order valence-corrected chi connectivity index (χ0v) is 12.9. The van der Waals surface area contributed by atoms with E-state index in [4.69, 9.17) is 0 Å². The van der Waals surface area contributed by atoms with Crippen molar-refractivity contribution in [2.45, 2.75) is 96.5 Å². The summed E-state index contributed by atoms with van der Waals surface area (Å²) in [7, 11) is 2.61. The number of rotatable bonds is 5. The molecule has 1 nitrogen and oxygen atoms in total. The van der Waals surface area contributed by atoms with E-state index in [2.05, 4.69) is 39.9 Å². The second-order valence-corrected chi connectivity index (χ2v) is 7.43. The molecule has 2 aliphatic carbocycles. The zero-order valence-electron chi connectivity index (χ0n) is 12.9. The molecule has 0 aromatic carbocycles. The second-order valence-electron chi connectivity index (χ2n) is 7.43. The van der Waals surface area contributed by atoms with Crippen LogP contribution >= 0.6 is 0 Å². The molecule has 18 heavy (non-hydrogen) atoms. The van der Waals surface area contributed by atoms with Crippen molar-refractivity contribution in [3.05, 3.63) is 0 Å². The molecule has 0 atom stereocenters. The molecule has 2 aliphatic rings. The van der Waals surface area contributed by atoms with Crippen LogP contribution in [0, 0.1) is 5.92 Å². The molecule has 0 unspecified atom stereocenters. The molecule has 0 amide bonds. The predicted molar refractivity (Wildman–Crippen MR) is 81.0 cm³/mol. The van der Waals surface area contributed by atoms with Crippen LogP contribution in [0.4, 0.5) is 0 Å². The Balaban J connectivity index is 2.03. The van der Waals surface area contributed by atoms with Crippen molar-refractivity contribution in [1.29, 1.82) is 0 Å². The minimum Gasteiger partial charge on any atom is -0.341 e. The molecule has 2 saturated carbocycles. The van der Waals surface area contributed by atoms with Gasteiger partial charge in [0, 0.05) is 0 Å². The van der Waals surface area contributed by atoms with Crippen molar-refractivity contribution >= 4 is 7.41 Å². The highest BCUT2D eigenvalue weighted by atomic mass is 15.1. The molecule has 0 aliphatic heterocycles. The van der Waals surface area contributed by atoms with E-state index in [-0.39, 0.29) is 0 Å². The summed E-state index contributed by atoms with van der Waals surface area (Å²) in [6.07, 6.45) is 11.5. The quantitative estimate of drug-likeness (QED) is 0.640. The molecule has 0 saturated heterocycles. The summed E-state index contributed by atoms with van der Waals surface area (Å²) in [5, 5.41) is 0.338. The van der Waals surface area contributed by atoms with Crippen LogP contribution in [0.2, 0.25) is 5.31 Å². The average Bonchev–Trinajstić information content (AvgIpc) is 2.99. The summed E-state index contributed by atoms with van der Waals surface area (Å²) in [4.78, 5) is 2.81. The smallest absolute Gasteiger partial charge is 0.215 e. The SMILES string of the molecule is CC(C)C(C)(C)[B]N(C1CCCC1)C1CCCC1. The summed E-state index contributed by atoms with van der Waals surface area (Å²) in [6.45, 7) is 9.54. The zero-order chi connectivity index (χ0) is 13.2. The van der Waals surface area contributed by atoms with Gasteiger partial charge in [-0.05, 0) is 49.0 Å². The van der Waals surface area contributed by atoms with Crippen molar-refractivity contribution in [2.75, 3.05) is 0 Å². The third-order valence-corrected chi connectivity index (χ3v) is 5.46. The first kappa shape index (κ1) is 14.4. The summed E-state index contributed by atoms with van der Waals surface area (Å²) in [5.74, 6) is 0.725. The molecule has 0 N–H and O–H groups in total. The van der Waals surface area contributed by atoms with Gasteiger partial charge in [-0.1, -0.05) is 53.4 Å². The molecule has 2 fully saturated rings. The fraction of sp³-hybridized carbons (Fsp3) is 1.00. The summed E-state index contributed by atoms with van der Waals surface area (Å²) in [6, 6.07) is 1.71. The predicted octanol–water partition coefficient (Wildman–Crippen LogP) is 4.65. The molecule has 103 valence electrons. The Labute approximate surface area is 115 Å². The lowest BCUT2D eigenvalue weighted by Gasteiger charge is -2.41. The average molecular weight is 248 g/mol. The van der Waals surface area contributed by atoms with E-state index in [0.29, 0.717) is 5.31 Å². The van der Waals surface area contributed by atoms with Crippen molar-refractivity contribution in [2.24, 2.45) is 5.92 Å². The standard InChI is InChI=1S/C16H31BN/c1-13(2)16(3,4)17-18(14-9-5-6-10-14)15-11-7-8-12-15/h13-15H,5-12H2,1-4H3. The molecule has 2 heteroatoms. The fourth-order valence-corrected chi connectivity index (χ4v) is 3.45. The van der Waals surface area contributed by atoms with Crippen molar-refractivity contribution in [3.63, 3.8) is 0 Å².